The standard InChI is InChI=1S/C9H6Cl4O2/c1-2-15-9-6(11)4(3-14)5(10)7(12)8(9)13/h3H,2H2,1H3. The van der Waals surface area contributed by atoms with Crippen LogP contribution in [0, 0.1) is 0 Å². The first-order valence-electron chi connectivity index (χ1n) is 3.98. The van der Waals surface area contributed by atoms with Crippen molar-refractivity contribution in [2.24, 2.45) is 0 Å². The Morgan fingerprint density at radius 2 is 1.67 bits per heavy atom. The minimum atomic E-state index is 0.0325. The highest BCUT2D eigenvalue weighted by Gasteiger charge is 2.20. The molecule has 0 aliphatic rings. The third-order valence-electron chi connectivity index (χ3n) is 1.66. The van der Waals surface area contributed by atoms with Crippen molar-refractivity contribution in [1.82, 2.24) is 0 Å². The molecule has 1 aromatic rings. The molecule has 0 spiro atoms. The Balaban J connectivity index is 3.52. The molecule has 0 fully saturated rings. The Morgan fingerprint density at radius 3 is 2.13 bits per heavy atom. The summed E-state index contributed by atoms with van der Waals surface area (Å²) in [4.78, 5) is 10.7. The van der Waals surface area contributed by atoms with Gasteiger partial charge in [0, 0.05) is 0 Å². The van der Waals surface area contributed by atoms with Crippen LogP contribution in [0.3, 0.4) is 0 Å². The van der Waals surface area contributed by atoms with Crippen LogP contribution in [0.15, 0.2) is 0 Å². The monoisotopic (exact) mass is 286 g/mol. The number of carbonyl (C=O) groups is 1. The van der Waals surface area contributed by atoms with Crippen molar-refractivity contribution in [3.05, 3.63) is 25.7 Å². The van der Waals surface area contributed by atoms with Gasteiger partial charge in [-0.1, -0.05) is 46.4 Å². The first kappa shape index (κ1) is 12.9. The molecule has 0 aliphatic heterocycles. The van der Waals surface area contributed by atoms with Gasteiger partial charge in [-0.15, -0.1) is 0 Å². The van der Waals surface area contributed by atoms with Gasteiger partial charge >= 0.3 is 0 Å². The van der Waals surface area contributed by atoms with Gasteiger partial charge in [-0.05, 0) is 6.92 Å². The second-order valence-corrected chi connectivity index (χ2v) is 4.06. The summed E-state index contributed by atoms with van der Waals surface area (Å²) < 4.78 is 5.18. The van der Waals surface area contributed by atoms with Crippen LogP contribution < -0.4 is 4.74 Å². The quantitative estimate of drug-likeness (QED) is 0.464. The van der Waals surface area contributed by atoms with Gasteiger partial charge in [0.15, 0.2) is 12.0 Å². The number of halogens is 4. The summed E-state index contributed by atoms with van der Waals surface area (Å²) >= 11 is 23.4. The molecule has 0 unspecified atom stereocenters. The molecule has 0 radical (unpaired) electrons. The van der Waals surface area contributed by atoms with Crippen molar-refractivity contribution < 1.29 is 9.53 Å². The molecule has 1 rings (SSSR count). The lowest BCUT2D eigenvalue weighted by Crippen LogP contribution is -1.97. The van der Waals surface area contributed by atoms with Gasteiger partial charge in [-0.3, -0.25) is 4.79 Å². The lowest BCUT2D eigenvalue weighted by Gasteiger charge is -2.12. The molecular weight excluding hydrogens is 282 g/mol. The molecule has 1 aromatic carbocycles. The van der Waals surface area contributed by atoms with Crippen molar-refractivity contribution >= 4 is 52.7 Å². The van der Waals surface area contributed by atoms with Crippen LogP contribution >= 0.6 is 46.4 Å². The third-order valence-corrected chi connectivity index (χ3v) is 3.36. The fourth-order valence-corrected chi connectivity index (χ4v) is 2.10. The molecule has 0 saturated heterocycles. The summed E-state index contributed by atoms with van der Waals surface area (Å²) in [7, 11) is 0. The predicted octanol–water partition coefficient (Wildman–Crippen LogP) is 4.51. The van der Waals surface area contributed by atoms with Crippen molar-refractivity contribution in [2.45, 2.75) is 6.92 Å². The fourth-order valence-electron chi connectivity index (χ4n) is 1.00. The first-order valence-corrected chi connectivity index (χ1v) is 5.49. The largest absolute Gasteiger partial charge is 0.491 e. The minimum absolute atomic E-state index is 0.0325. The topological polar surface area (TPSA) is 26.3 Å². The zero-order valence-electron chi connectivity index (χ0n) is 7.61. The van der Waals surface area contributed by atoms with Crippen LogP contribution in [0.4, 0.5) is 0 Å². The molecule has 6 heteroatoms. The van der Waals surface area contributed by atoms with Gasteiger partial charge in [0.2, 0.25) is 0 Å². The summed E-state index contributed by atoms with van der Waals surface area (Å²) in [5.74, 6) is 0.178. The van der Waals surface area contributed by atoms with Crippen LogP contribution in [0.1, 0.15) is 17.3 Å². The minimum Gasteiger partial charge on any atom is -0.491 e. The van der Waals surface area contributed by atoms with E-state index < -0.39 is 0 Å². The van der Waals surface area contributed by atoms with E-state index in [1.807, 2.05) is 0 Å². The van der Waals surface area contributed by atoms with Crippen LogP contribution in [-0.4, -0.2) is 12.9 Å². The maximum atomic E-state index is 10.7. The van der Waals surface area contributed by atoms with Crippen LogP contribution in [0.25, 0.3) is 0 Å². The number of benzene rings is 1. The zero-order chi connectivity index (χ0) is 11.6. The lowest BCUT2D eigenvalue weighted by atomic mass is 10.2. The summed E-state index contributed by atoms with van der Waals surface area (Å²) in [6.45, 7) is 2.12. The molecule has 82 valence electrons. The van der Waals surface area contributed by atoms with E-state index in [9.17, 15) is 4.79 Å². The number of aldehydes is 1. The average molecular weight is 288 g/mol. The summed E-state index contributed by atoms with van der Waals surface area (Å²) in [5.41, 5.74) is 0.0798. The van der Waals surface area contributed by atoms with Crippen molar-refractivity contribution in [3.63, 3.8) is 0 Å². The number of rotatable bonds is 3. The smallest absolute Gasteiger partial charge is 0.158 e. The second kappa shape index (κ2) is 5.26. The predicted molar refractivity (Wildman–Crippen MR) is 63.0 cm³/mol. The van der Waals surface area contributed by atoms with E-state index in [1.165, 1.54) is 0 Å². The zero-order valence-corrected chi connectivity index (χ0v) is 10.6. The van der Waals surface area contributed by atoms with E-state index in [1.54, 1.807) is 6.92 Å². The van der Waals surface area contributed by atoms with E-state index in [2.05, 4.69) is 0 Å². The second-order valence-electron chi connectivity index (χ2n) is 2.55. The Hall–Kier alpha value is -0.150. The molecule has 0 bridgehead atoms. The van der Waals surface area contributed by atoms with Crippen molar-refractivity contribution in [3.8, 4) is 5.75 Å². The molecule has 0 N–H and O–H groups in total. The fraction of sp³-hybridized carbons (Fsp3) is 0.222. The van der Waals surface area contributed by atoms with E-state index in [4.69, 9.17) is 51.1 Å². The average Bonchev–Trinajstić information content (AvgIpc) is 2.22. The SMILES string of the molecule is CCOc1c(Cl)c(Cl)c(Cl)c(C=O)c1Cl. The van der Waals surface area contributed by atoms with Gasteiger partial charge in [-0.25, -0.2) is 0 Å². The van der Waals surface area contributed by atoms with Gasteiger partial charge in [-0.2, -0.15) is 0 Å². The molecule has 15 heavy (non-hydrogen) atoms. The molecule has 0 amide bonds. The van der Waals surface area contributed by atoms with E-state index in [0.717, 1.165) is 0 Å². The van der Waals surface area contributed by atoms with Crippen molar-refractivity contribution in [1.29, 1.82) is 0 Å². The van der Waals surface area contributed by atoms with E-state index in [0.29, 0.717) is 12.9 Å². The highest BCUT2D eigenvalue weighted by molar-refractivity contribution is 6.51. The Bertz CT molecular complexity index is 404. The molecular formula is C9H6Cl4O2. The van der Waals surface area contributed by atoms with Crippen LogP contribution in [0.5, 0.6) is 5.75 Å². The Kier molecular flexibility index (Phi) is 4.53. The summed E-state index contributed by atoms with van der Waals surface area (Å²) in [6, 6.07) is 0. The van der Waals surface area contributed by atoms with Gasteiger partial charge < -0.3 is 4.74 Å². The maximum absolute atomic E-state index is 10.7. The molecule has 2 nitrogen and oxygen atoms in total. The van der Waals surface area contributed by atoms with E-state index in [-0.39, 0.29) is 31.4 Å². The summed E-state index contributed by atoms with van der Waals surface area (Å²) in [6.07, 6.45) is 0.509. The van der Waals surface area contributed by atoms with Crippen molar-refractivity contribution in [2.75, 3.05) is 6.61 Å². The lowest BCUT2D eigenvalue weighted by molar-refractivity contribution is 0.112. The van der Waals surface area contributed by atoms with Gasteiger partial charge in [0.25, 0.3) is 0 Å². The molecule has 0 saturated carbocycles. The molecule has 0 heterocycles. The first-order chi connectivity index (χ1) is 7.04. The summed E-state index contributed by atoms with van der Waals surface area (Å²) in [5, 5.41) is 0.281. The van der Waals surface area contributed by atoms with Gasteiger partial charge in [0.1, 0.15) is 5.02 Å². The number of carbonyl (C=O) groups excluding carboxylic acids is 1. The molecule has 0 aliphatic carbocycles. The van der Waals surface area contributed by atoms with Crippen LogP contribution in [0.2, 0.25) is 20.1 Å². The molecule has 0 atom stereocenters. The maximum Gasteiger partial charge on any atom is 0.158 e. The molecule has 0 aromatic heterocycles. The number of hydrogen-bond donors (Lipinski definition) is 0. The van der Waals surface area contributed by atoms with Crippen LogP contribution in [-0.2, 0) is 0 Å². The normalized spacial score (nSPS) is 10.2. The highest BCUT2D eigenvalue weighted by Crippen LogP contribution is 2.45. The Labute approximate surface area is 107 Å². The van der Waals surface area contributed by atoms with E-state index >= 15 is 0 Å². The highest BCUT2D eigenvalue weighted by atomic mass is 35.5. The number of ether oxygens (including phenoxy) is 1. The number of hydrogen-bond acceptors (Lipinski definition) is 2. The Morgan fingerprint density at radius 1 is 1.07 bits per heavy atom. The third kappa shape index (κ3) is 2.34. The van der Waals surface area contributed by atoms with Gasteiger partial charge in [0.05, 0.1) is 27.2 Å².